The number of morpholine rings is 1. The van der Waals surface area contributed by atoms with Crippen LogP contribution in [0.3, 0.4) is 0 Å². The monoisotopic (exact) mass is 390 g/mol. The lowest BCUT2D eigenvalue weighted by Gasteiger charge is -2.26. The van der Waals surface area contributed by atoms with Crippen molar-refractivity contribution in [1.82, 2.24) is 4.31 Å². The molecule has 1 saturated heterocycles. The van der Waals surface area contributed by atoms with Crippen LogP contribution in [-0.2, 0) is 14.8 Å². The molecular weight excluding hydrogens is 372 g/mol. The minimum atomic E-state index is -3.71. The van der Waals surface area contributed by atoms with E-state index >= 15 is 0 Å². The molecule has 0 radical (unpaired) electrons. The normalized spacial score (nSPS) is 15.3. The molecule has 0 saturated carbocycles. The van der Waals surface area contributed by atoms with E-state index in [1.165, 1.54) is 46.8 Å². The average molecular weight is 390 g/mol. The van der Waals surface area contributed by atoms with E-state index in [-0.39, 0.29) is 29.1 Å². The van der Waals surface area contributed by atoms with Gasteiger partial charge in [0.15, 0.2) is 0 Å². The maximum absolute atomic E-state index is 12.7. The molecule has 0 atom stereocenters. The number of benzene rings is 2. The van der Waals surface area contributed by atoms with Crippen LogP contribution in [0.5, 0.6) is 0 Å². The van der Waals surface area contributed by atoms with Crippen LogP contribution >= 0.6 is 0 Å². The molecule has 0 aromatic heterocycles. The Morgan fingerprint density at radius 1 is 1.00 bits per heavy atom. The van der Waals surface area contributed by atoms with Crippen molar-refractivity contribution in [2.75, 3.05) is 31.6 Å². The smallest absolute Gasteiger partial charge is 0.335 e. The van der Waals surface area contributed by atoms with Crippen LogP contribution in [0.1, 0.15) is 20.7 Å². The fraction of sp³-hybridized carbons (Fsp3) is 0.222. The van der Waals surface area contributed by atoms with E-state index in [4.69, 9.17) is 9.84 Å². The number of nitrogens with one attached hydrogen (secondary N) is 1. The number of aromatic carboxylic acids is 1. The third-order valence-corrected chi connectivity index (χ3v) is 5.97. The van der Waals surface area contributed by atoms with Gasteiger partial charge < -0.3 is 15.2 Å². The zero-order valence-corrected chi connectivity index (χ0v) is 15.1. The van der Waals surface area contributed by atoms with Crippen molar-refractivity contribution in [2.45, 2.75) is 4.90 Å². The van der Waals surface area contributed by atoms with Crippen LogP contribution in [0.2, 0.25) is 0 Å². The first kappa shape index (κ1) is 19.0. The van der Waals surface area contributed by atoms with Crippen LogP contribution in [0.25, 0.3) is 0 Å². The number of amides is 1. The van der Waals surface area contributed by atoms with Gasteiger partial charge in [-0.25, -0.2) is 13.2 Å². The number of hydrogen-bond donors (Lipinski definition) is 2. The maximum atomic E-state index is 12.7. The van der Waals surface area contributed by atoms with Gasteiger partial charge in [0.25, 0.3) is 5.91 Å². The number of hydrogen-bond acceptors (Lipinski definition) is 5. The topological polar surface area (TPSA) is 113 Å². The van der Waals surface area contributed by atoms with Gasteiger partial charge in [-0.1, -0.05) is 12.1 Å². The summed E-state index contributed by atoms with van der Waals surface area (Å²) in [6.45, 7) is 1.19. The summed E-state index contributed by atoms with van der Waals surface area (Å²) in [4.78, 5) is 23.5. The average Bonchev–Trinajstić information content (AvgIpc) is 2.69. The van der Waals surface area contributed by atoms with Crippen LogP contribution in [0, 0.1) is 0 Å². The lowest BCUT2D eigenvalue weighted by atomic mass is 10.2. The summed E-state index contributed by atoms with van der Waals surface area (Å²) in [7, 11) is -3.71. The highest BCUT2D eigenvalue weighted by molar-refractivity contribution is 7.89. The summed E-state index contributed by atoms with van der Waals surface area (Å²) in [5.41, 5.74) is 0.503. The van der Waals surface area contributed by atoms with Gasteiger partial charge in [0, 0.05) is 24.3 Å². The van der Waals surface area contributed by atoms with Crippen molar-refractivity contribution in [3.63, 3.8) is 0 Å². The van der Waals surface area contributed by atoms with Crippen molar-refractivity contribution < 1.29 is 27.9 Å². The molecular formula is C18H18N2O6S. The fourth-order valence-corrected chi connectivity index (χ4v) is 4.12. The number of carboxylic acids is 1. The Morgan fingerprint density at radius 3 is 2.37 bits per heavy atom. The lowest BCUT2D eigenvalue weighted by molar-refractivity contribution is 0.0696. The molecule has 142 valence electrons. The number of carboxylic acid groups (broad SMARTS) is 1. The van der Waals surface area contributed by atoms with E-state index in [0.29, 0.717) is 18.9 Å². The molecule has 1 heterocycles. The third-order valence-electron chi connectivity index (χ3n) is 4.07. The first-order valence-corrected chi connectivity index (χ1v) is 9.64. The Hall–Kier alpha value is -2.75. The molecule has 8 nitrogen and oxygen atoms in total. The summed E-state index contributed by atoms with van der Waals surface area (Å²) in [6, 6.07) is 11.5. The molecule has 27 heavy (non-hydrogen) atoms. The quantitative estimate of drug-likeness (QED) is 0.803. The van der Waals surface area contributed by atoms with Gasteiger partial charge in [0.2, 0.25) is 10.0 Å². The molecule has 0 bridgehead atoms. The standard InChI is InChI=1S/C18H18N2O6S/c21-17(19-15-5-1-4-14(11-15)18(22)23)13-3-2-6-16(12-13)27(24,25)20-7-9-26-10-8-20/h1-6,11-12H,7-10H2,(H,19,21)(H,22,23). The summed E-state index contributed by atoms with van der Waals surface area (Å²) < 4.78 is 31.9. The second-order valence-corrected chi connectivity index (χ2v) is 7.82. The Kier molecular flexibility index (Phi) is 5.54. The summed E-state index contributed by atoms with van der Waals surface area (Å²) in [5.74, 6) is -1.64. The highest BCUT2D eigenvalue weighted by Crippen LogP contribution is 2.19. The zero-order valence-electron chi connectivity index (χ0n) is 14.3. The van der Waals surface area contributed by atoms with Gasteiger partial charge >= 0.3 is 5.97 Å². The van der Waals surface area contributed by atoms with E-state index in [1.54, 1.807) is 6.07 Å². The van der Waals surface area contributed by atoms with Crippen LogP contribution in [0.15, 0.2) is 53.4 Å². The van der Waals surface area contributed by atoms with Gasteiger partial charge in [0.1, 0.15) is 0 Å². The summed E-state index contributed by atoms with van der Waals surface area (Å²) in [6.07, 6.45) is 0. The van der Waals surface area contributed by atoms with E-state index in [2.05, 4.69) is 5.32 Å². The minimum Gasteiger partial charge on any atom is -0.478 e. The number of sulfonamides is 1. The van der Waals surface area contributed by atoms with E-state index in [1.807, 2.05) is 0 Å². The zero-order chi connectivity index (χ0) is 19.4. The number of rotatable bonds is 5. The molecule has 2 aromatic rings. The predicted molar refractivity (Wildman–Crippen MR) is 97.4 cm³/mol. The largest absolute Gasteiger partial charge is 0.478 e. The Bertz CT molecular complexity index is 967. The summed E-state index contributed by atoms with van der Waals surface area (Å²) in [5, 5.41) is 11.6. The van der Waals surface area contributed by atoms with Gasteiger partial charge in [-0.05, 0) is 36.4 Å². The first-order chi connectivity index (χ1) is 12.9. The van der Waals surface area contributed by atoms with Crippen LogP contribution in [-0.4, -0.2) is 56.0 Å². The second kappa shape index (κ2) is 7.87. The highest BCUT2D eigenvalue weighted by atomic mass is 32.2. The number of ether oxygens (including phenoxy) is 1. The first-order valence-electron chi connectivity index (χ1n) is 8.20. The number of carbonyl (C=O) groups excluding carboxylic acids is 1. The molecule has 1 fully saturated rings. The van der Waals surface area contributed by atoms with Crippen molar-refractivity contribution in [3.8, 4) is 0 Å². The molecule has 2 N–H and O–H groups in total. The third kappa shape index (κ3) is 4.33. The van der Waals surface area contributed by atoms with Gasteiger partial charge in [-0.2, -0.15) is 4.31 Å². The Balaban J connectivity index is 1.81. The van der Waals surface area contributed by atoms with Crippen molar-refractivity contribution >= 4 is 27.6 Å². The lowest BCUT2D eigenvalue weighted by Crippen LogP contribution is -2.40. The molecule has 3 rings (SSSR count). The van der Waals surface area contributed by atoms with E-state index in [0.717, 1.165) is 0 Å². The molecule has 1 aliphatic rings. The van der Waals surface area contributed by atoms with Crippen LogP contribution < -0.4 is 5.32 Å². The van der Waals surface area contributed by atoms with Crippen molar-refractivity contribution in [1.29, 1.82) is 0 Å². The molecule has 0 aliphatic carbocycles. The van der Waals surface area contributed by atoms with Gasteiger partial charge in [0.05, 0.1) is 23.7 Å². The SMILES string of the molecule is O=C(O)c1cccc(NC(=O)c2cccc(S(=O)(=O)N3CCOCC3)c2)c1. The number of anilines is 1. The fourth-order valence-electron chi connectivity index (χ4n) is 2.67. The molecule has 0 unspecified atom stereocenters. The molecule has 9 heteroatoms. The molecule has 1 aliphatic heterocycles. The second-order valence-electron chi connectivity index (χ2n) is 5.88. The molecule has 0 spiro atoms. The van der Waals surface area contributed by atoms with E-state index < -0.39 is 21.9 Å². The van der Waals surface area contributed by atoms with E-state index in [9.17, 15) is 18.0 Å². The van der Waals surface area contributed by atoms with Crippen molar-refractivity contribution in [2.24, 2.45) is 0 Å². The number of carbonyl (C=O) groups is 2. The Morgan fingerprint density at radius 2 is 1.67 bits per heavy atom. The summed E-state index contributed by atoms with van der Waals surface area (Å²) >= 11 is 0. The molecule has 1 amide bonds. The van der Waals surface area contributed by atoms with Crippen molar-refractivity contribution in [3.05, 3.63) is 59.7 Å². The van der Waals surface area contributed by atoms with Crippen LogP contribution in [0.4, 0.5) is 5.69 Å². The Labute approximate surface area is 156 Å². The van der Waals surface area contributed by atoms with Gasteiger partial charge in [-0.3, -0.25) is 4.79 Å². The van der Waals surface area contributed by atoms with Gasteiger partial charge in [-0.15, -0.1) is 0 Å². The number of nitrogens with zero attached hydrogens (tertiary/aromatic N) is 1. The minimum absolute atomic E-state index is 0.0244. The maximum Gasteiger partial charge on any atom is 0.335 e. The predicted octanol–water partition coefficient (Wildman–Crippen LogP) is 1.66. The highest BCUT2D eigenvalue weighted by Gasteiger charge is 2.26. The molecule has 2 aromatic carbocycles.